The van der Waals surface area contributed by atoms with Gasteiger partial charge in [0.1, 0.15) is 0 Å². The topological polar surface area (TPSA) is 60.2 Å². The summed E-state index contributed by atoms with van der Waals surface area (Å²) in [5, 5.41) is -0.256. The lowest BCUT2D eigenvalue weighted by molar-refractivity contribution is 0.545. The summed E-state index contributed by atoms with van der Waals surface area (Å²) in [6, 6.07) is 0. The van der Waals surface area contributed by atoms with Crippen molar-refractivity contribution in [2.24, 2.45) is 11.7 Å². The van der Waals surface area contributed by atoms with Crippen LogP contribution in [0.25, 0.3) is 0 Å². The van der Waals surface area contributed by atoms with Gasteiger partial charge in [-0.2, -0.15) is 0 Å². The predicted octanol–water partition coefficient (Wildman–Crippen LogP) is 1.33. The van der Waals surface area contributed by atoms with Crippen molar-refractivity contribution >= 4 is 9.84 Å². The molecule has 0 heterocycles. The Balaban J connectivity index is 2.47. The number of hydrogen-bond acceptors (Lipinski definition) is 3. The van der Waals surface area contributed by atoms with Gasteiger partial charge in [-0.1, -0.05) is 12.8 Å². The van der Waals surface area contributed by atoms with Crippen LogP contribution in [0.5, 0.6) is 0 Å². The van der Waals surface area contributed by atoms with Gasteiger partial charge in [0.05, 0.1) is 11.0 Å². The molecule has 1 aliphatic carbocycles. The minimum absolute atomic E-state index is 0.256. The maximum absolute atomic E-state index is 11.8. The third-order valence-corrected chi connectivity index (χ3v) is 5.53. The molecule has 1 unspecified atom stereocenters. The van der Waals surface area contributed by atoms with Crippen LogP contribution in [0.1, 0.15) is 39.0 Å². The molecule has 0 radical (unpaired) electrons. The normalized spacial score (nSPS) is 21.3. The third kappa shape index (κ3) is 3.24. The number of rotatable bonds is 5. The molecule has 1 fully saturated rings. The highest BCUT2D eigenvalue weighted by Crippen LogP contribution is 2.27. The van der Waals surface area contributed by atoms with Gasteiger partial charge in [-0.25, -0.2) is 8.42 Å². The molecule has 1 aliphatic rings. The molecule has 0 aromatic rings. The molecule has 2 N–H and O–H groups in total. The van der Waals surface area contributed by atoms with E-state index < -0.39 is 9.84 Å². The van der Waals surface area contributed by atoms with Crippen LogP contribution >= 0.6 is 0 Å². The lowest BCUT2D eigenvalue weighted by Crippen LogP contribution is -2.26. The summed E-state index contributed by atoms with van der Waals surface area (Å²) in [5.41, 5.74) is 5.37. The quantitative estimate of drug-likeness (QED) is 0.759. The Morgan fingerprint density at radius 3 is 2.43 bits per heavy atom. The molecule has 1 saturated carbocycles. The Morgan fingerprint density at radius 2 is 1.93 bits per heavy atom. The second-order valence-electron chi connectivity index (χ2n) is 4.37. The van der Waals surface area contributed by atoms with Gasteiger partial charge in [0.25, 0.3) is 0 Å². The molecule has 3 nitrogen and oxygen atoms in total. The molecule has 0 aromatic carbocycles. The van der Waals surface area contributed by atoms with Crippen LogP contribution in [0.3, 0.4) is 0 Å². The van der Waals surface area contributed by atoms with Gasteiger partial charge in [0.2, 0.25) is 0 Å². The molecule has 14 heavy (non-hydrogen) atoms. The van der Waals surface area contributed by atoms with Crippen LogP contribution in [0.15, 0.2) is 0 Å². The fraction of sp³-hybridized carbons (Fsp3) is 1.00. The molecule has 0 spiro atoms. The summed E-state index contributed by atoms with van der Waals surface area (Å²) >= 11 is 0. The molecule has 0 saturated heterocycles. The average Bonchev–Trinajstić information content (AvgIpc) is 2.56. The largest absolute Gasteiger partial charge is 0.330 e. The first-order valence-electron chi connectivity index (χ1n) is 5.48. The molecule has 0 bridgehead atoms. The standard InChI is InChI=1S/C10H21NO2S/c1-9(6-7-11)14(12,13)8-10-4-2-3-5-10/h9-10H,2-8,11H2,1H3. The van der Waals surface area contributed by atoms with Crippen molar-refractivity contribution in [3.8, 4) is 0 Å². The van der Waals surface area contributed by atoms with Crippen LogP contribution in [0.2, 0.25) is 0 Å². The van der Waals surface area contributed by atoms with E-state index in [0.29, 0.717) is 24.6 Å². The molecular weight excluding hydrogens is 198 g/mol. The molecule has 1 rings (SSSR count). The summed E-state index contributed by atoms with van der Waals surface area (Å²) in [6.07, 6.45) is 5.18. The van der Waals surface area contributed by atoms with Crippen LogP contribution in [0, 0.1) is 5.92 Å². The van der Waals surface area contributed by atoms with E-state index in [9.17, 15) is 8.42 Å². The molecule has 1 atom stereocenters. The molecule has 0 aromatic heterocycles. The van der Waals surface area contributed by atoms with Crippen molar-refractivity contribution in [3.05, 3.63) is 0 Å². The van der Waals surface area contributed by atoms with Crippen molar-refractivity contribution in [1.29, 1.82) is 0 Å². The maximum atomic E-state index is 11.8. The summed E-state index contributed by atoms with van der Waals surface area (Å²) < 4.78 is 23.6. The van der Waals surface area contributed by atoms with E-state index in [1.165, 1.54) is 12.8 Å². The van der Waals surface area contributed by atoms with Gasteiger partial charge < -0.3 is 5.73 Å². The summed E-state index contributed by atoms with van der Waals surface area (Å²) in [6.45, 7) is 2.24. The molecule has 4 heteroatoms. The molecule has 0 aliphatic heterocycles. The number of nitrogens with two attached hydrogens (primary N) is 1. The number of sulfone groups is 1. The van der Waals surface area contributed by atoms with E-state index in [1.807, 2.05) is 0 Å². The van der Waals surface area contributed by atoms with Crippen molar-refractivity contribution in [2.45, 2.75) is 44.3 Å². The highest BCUT2D eigenvalue weighted by Gasteiger charge is 2.26. The van der Waals surface area contributed by atoms with Crippen LogP contribution in [0.4, 0.5) is 0 Å². The van der Waals surface area contributed by atoms with Gasteiger partial charge in [0.15, 0.2) is 9.84 Å². The van der Waals surface area contributed by atoms with Crippen molar-refractivity contribution < 1.29 is 8.42 Å². The van der Waals surface area contributed by atoms with Crippen molar-refractivity contribution in [1.82, 2.24) is 0 Å². The third-order valence-electron chi connectivity index (χ3n) is 3.13. The smallest absolute Gasteiger partial charge is 0.153 e. The van der Waals surface area contributed by atoms with E-state index in [1.54, 1.807) is 6.92 Å². The van der Waals surface area contributed by atoms with E-state index in [0.717, 1.165) is 12.8 Å². The van der Waals surface area contributed by atoms with E-state index in [4.69, 9.17) is 5.73 Å². The van der Waals surface area contributed by atoms with Crippen LogP contribution in [-0.2, 0) is 9.84 Å². The second-order valence-corrected chi connectivity index (χ2v) is 6.83. The lowest BCUT2D eigenvalue weighted by Gasteiger charge is -2.15. The highest BCUT2D eigenvalue weighted by atomic mass is 32.2. The SMILES string of the molecule is CC(CCN)S(=O)(=O)CC1CCCC1. The van der Waals surface area contributed by atoms with Gasteiger partial charge in [0, 0.05) is 0 Å². The Morgan fingerprint density at radius 1 is 1.36 bits per heavy atom. The molecular formula is C10H21NO2S. The van der Waals surface area contributed by atoms with Gasteiger partial charge in [-0.05, 0) is 38.6 Å². The zero-order valence-corrected chi connectivity index (χ0v) is 9.72. The van der Waals surface area contributed by atoms with Gasteiger partial charge in [-0.3, -0.25) is 0 Å². The summed E-state index contributed by atoms with van der Waals surface area (Å²) in [5.74, 6) is 0.800. The number of hydrogen-bond donors (Lipinski definition) is 1. The predicted molar refractivity (Wildman–Crippen MR) is 58.9 cm³/mol. The van der Waals surface area contributed by atoms with E-state index in [2.05, 4.69) is 0 Å². The molecule has 0 amide bonds. The Bertz CT molecular complexity index is 255. The summed E-state index contributed by atoms with van der Waals surface area (Å²) in [7, 11) is -2.89. The van der Waals surface area contributed by atoms with Crippen LogP contribution in [-0.4, -0.2) is 26.0 Å². The summed E-state index contributed by atoms with van der Waals surface area (Å²) in [4.78, 5) is 0. The monoisotopic (exact) mass is 219 g/mol. The molecule has 84 valence electrons. The lowest BCUT2D eigenvalue weighted by atomic mass is 10.1. The maximum Gasteiger partial charge on any atom is 0.153 e. The first-order chi connectivity index (χ1) is 6.56. The van der Waals surface area contributed by atoms with Crippen molar-refractivity contribution in [3.63, 3.8) is 0 Å². The second kappa shape index (κ2) is 5.12. The Labute approximate surface area is 87.0 Å². The average molecular weight is 219 g/mol. The Kier molecular flexibility index (Phi) is 4.38. The highest BCUT2D eigenvalue weighted by molar-refractivity contribution is 7.92. The minimum Gasteiger partial charge on any atom is -0.330 e. The zero-order chi connectivity index (χ0) is 10.6. The van der Waals surface area contributed by atoms with Crippen LogP contribution < -0.4 is 5.73 Å². The van der Waals surface area contributed by atoms with E-state index >= 15 is 0 Å². The first kappa shape index (κ1) is 12.0. The first-order valence-corrected chi connectivity index (χ1v) is 7.19. The van der Waals surface area contributed by atoms with Crippen molar-refractivity contribution in [2.75, 3.05) is 12.3 Å². The van der Waals surface area contributed by atoms with E-state index in [-0.39, 0.29) is 5.25 Å². The fourth-order valence-electron chi connectivity index (χ4n) is 2.08. The Hall–Kier alpha value is -0.0900. The zero-order valence-electron chi connectivity index (χ0n) is 8.91. The van der Waals surface area contributed by atoms with Gasteiger partial charge >= 0.3 is 0 Å². The fourth-order valence-corrected chi connectivity index (χ4v) is 3.90. The van der Waals surface area contributed by atoms with Gasteiger partial charge in [-0.15, -0.1) is 0 Å². The minimum atomic E-state index is -2.89.